The molecule has 0 aliphatic carbocycles. The minimum atomic E-state index is 0.173. The minimum Gasteiger partial charge on any atom is -0.382 e. The van der Waals surface area contributed by atoms with E-state index < -0.39 is 0 Å². The smallest absolute Gasteiger partial charge is 0.222 e. The zero-order valence-corrected chi connectivity index (χ0v) is 12.1. The van der Waals surface area contributed by atoms with E-state index in [1.165, 1.54) is 12.8 Å². The maximum Gasteiger partial charge on any atom is 0.222 e. The largest absolute Gasteiger partial charge is 0.382 e. The van der Waals surface area contributed by atoms with Crippen LogP contribution < -0.4 is 5.32 Å². The molecule has 1 N–H and O–H groups in total. The molecule has 1 saturated heterocycles. The number of methoxy groups -OCH3 is 1. The van der Waals surface area contributed by atoms with Crippen molar-refractivity contribution in [3.8, 4) is 0 Å². The first-order valence-corrected chi connectivity index (χ1v) is 7.11. The summed E-state index contributed by atoms with van der Waals surface area (Å²) in [6.45, 7) is 5.16. The number of ether oxygens (including phenoxy) is 1. The normalized spacial score (nSPS) is 18.6. The van der Waals surface area contributed by atoms with Gasteiger partial charge in [0.25, 0.3) is 0 Å². The third kappa shape index (κ3) is 5.83. The Bertz CT molecular complexity index is 240. The summed E-state index contributed by atoms with van der Waals surface area (Å²) in [5.74, 6) is 1.03. The van der Waals surface area contributed by atoms with Crippen LogP contribution in [0.1, 0.15) is 39.0 Å². The molecular weight excluding hydrogens is 228 g/mol. The summed E-state index contributed by atoms with van der Waals surface area (Å²) in [5.41, 5.74) is 0. The molecule has 1 unspecified atom stereocenters. The lowest BCUT2D eigenvalue weighted by atomic mass is 9.94. The molecule has 4 heteroatoms. The maximum atomic E-state index is 11.9. The molecule has 1 aliphatic heterocycles. The van der Waals surface area contributed by atoms with Gasteiger partial charge in [-0.3, -0.25) is 4.79 Å². The second-order valence-electron chi connectivity index (χ2n) is 5.38. The van der Waals surface area contributed by atoms with Crippen LogP contribution in [-0.2, 0) is 9.53 Å². The van der Waals surface area contributed by atoms with Crippen molar-refractivity contribution in [2.24, 2.45) is 5.92 Å². The highest BCUT2D eigenvalue weighted by molar-refractivity contribution is 5.75. The van der Waals surface area contributed by atoms with Gasteiger partial charge in [-0.15, -0.1) is 0 Å². The summed E-state index contributed by atoms with van der Waals surface area (Å²) in [7, 11) is 3.61. The van der Waals surface area contributed by atoms with Crippen molar-refractivity contribution in [3.05, 3.63) is 0 Å². The van der Waals surface area contributed by atoms with E-state index in [0.29, 0.717) is 6.42 Å². The molecule has 18 heavy (non-hydrogen) atoms. The molecule has 1 rings (SSSR count). The molecule has 0 aromatic carbocycles. The summed E-state index contributed by atoms with van der Waals surface area (Å²) in [6.07, 6.45) is 5.23. The lowest BCUT2D eigenvalue weighted by Gasteiger charge is -2.25. The van der Waals surface area contributed by atoms with Gasteiger partial charge >= 0.3 is 0 Å². The first-order valence-electron chi connectivity index (χ1n) is 7.11. The molecular formula is C14H28N2O2. The van der Waals surface area contributed by atoms with E-state index in [-0.39, 0.29) is 12.0 Å². The van der Waals surface area contributed by atoms with Gasteiger partial charge in [-0.2, -0.15) is 0 Å². The van der Waals surface area contributed by atoms with E-state index in [4.69, 9.17) is 4.74 Å². The zero-order chi connectivity index (χ0) is 13.4. The Hall–Kier alpha value is -0.610. The van der Waals surface area contributed by atoms with Crippen LogP contribution in [0.2, 0.25) is 0 Å². The third-order valence-electron chi connectivity index (χ3n) is 3.92. The van der Waals surface area contributed by atoms with Crippen LogP contribution >= 0.6 is 0 Å². The van der Waals surface area contributed by atoms with Crippen molar-refractivity contribution in [1.29, 1.82) is 0 Å². The average Bonchev–Trinajstić information content (AvgIpc) is 2.42. The number of carbonyl (C=O) groups excluding carboxylic acids is 1. The lowest BCUT2D eigenvalue weighted by Crippen LogP contribution is -2.32. The average molecular weight is 256 g/mol. The summed E-state index contributed by atoms with van der Waals surface area (Å²) in [4.78, 5) is 13.8. The Morgan fingerprint density at radius 3 is 2.72 bits per heavy atom. The minimum absolute atomic E-state index is 0.173. The summed E-state index contributed by atoms with van der Waals surface area (Å²) in [5, 5.41) is 3.37. The summed E-state index contributed by atoms with van der Waals surface area (Å²) >= 11 is 0. The molecule has 0 aromatic rings. The van der Waals surface area contributed by atoms with E-state index in [9.17, 15) is 4.79 Å². The Morgan fingerprint density at radius 1 is 1.44 bits per heavy atom. The third-order valence-corrected chi connectivity index (χ3v) is 3.92. The van der Waals surface area contributed by atoms with Crippen molar-refractivity contribution in [2.75, 3.05) is 33.8 Å². The van der Waals surface area contributed by atoms with Crippen LogP contribution in [0.15, 0.2) is 0 Å². The highest BCUT2D eigenvalue weighted by Crippen LogP contribution is 2.16. The van der Waals surface area contributed by atoms with Gasteiger partial charge in [0.05, 0.1) is 6.10 Å². The van der Waals surface area contributed by atoms with Crippen LogP contribution in [0.3, 0.4) is 0 Å². The number of carbonyl (C=O) groups is 1. The van der Waals surface area contributed by atoms with Gasteiger partial charge < -0.3 is 15.0 Å². The number of piperidine rings is 1. The molecule has 1 amide bonds. The van der Waals surface area contributed by atoms with Crippen molar-refractivity contribution in [3.63, 3.8) is 0 Å². The van der Waals surface area contributed by atoms with Gasteiger partial charge in [0, 0.05) is 27.1 Å². The highest BCUT2D eigenvalue weighted by atomic mass is 16.5. The molecule has 0 saturated carbocycles. The maximum absolute atomic E-state index is 11.9. The molecule has 106 valence electrons. The standard InChI is InChI=1S/C14H28N2O2/c1-12(18-3)4-5-14(17)16(2)11-8-13-6-9-15-10-7-13/h12-13,15H,4-11H2,1-3H3. The second kappa shape index (κ2) is 8.48. The van der Waals surface area contributed by atoms with E-state index in [2.05, 4.69) is 5.32 Å². The van der Waals surface area contributed by atoms with Crippen LogP contribution in [0.5, 0.6) is 0 Å². The first-order chi connectivity index (χ1) is 8.63. The quantitative estimate of drug-likeness (QED) is 0.753. The number of amides is 1. The van der Waals surface area contributed by atoms with Crippen LogP contribution in [0.4, 0.5) is 0 Å². The molecule has 0 aromatic heterocycles. The predicted octanol–water partition coefficient (Wildman–Crippen LogP) is 1.65. The first kappa shape index (κ1) is 15.4. The van der Waals surface area contributed by atoms with E-state index in [0.717, 1.165) is 38.4 Å². The van der Waals surface area contributed by atoms with Crippen molar-refractivity contribution >= 4 is 5.91 Å². The Labute approximate surface area is 111 Å². The molecule has 1 aliphatic rings. The molecule has 0 spiro atoms. The molecule has 0 radical (unpaired) electrons. The van der Waals surface area contributed by atoms with Crippen molar-refractivity contribution in [1.82, 2.24) is 10.2 Å². The van der Waals surface area contributed by atoms with Crippen LogP contribution in [-0.4, -0.2) is 50.7 Å². The molecule has 1 heterocycles. The van der Waals surface area contributed by atoms with E-state index in [1.54, 1.807) is 7.11 Å². The van der Waals surface area contributed by atoms with E-state index in [1.807, 2.05) is 18.9 Å². The zero-order valence-electron chi connectivity index (χ0n) is 12.1. The number of hydrogen-bond donors (Lipinski definition) is 1. The van der Waals surface area contributed by atoms with Crippen molar-refractivity contribution in [2.45, 2.75) is 45.1 Å². The second-order valence-corrected chi connectivity index (χ2v) is 5.38. The van der Waals surface area contributed by atoms with Gasteiger partial charge in [0.15, 0.2) is 0 Å². The SMILES string of the molecule is COC(C)CCC(=O)N(C)CCC1CCNCC1. The Morgan fingerprint density at radius 2 is 2.11 bits per heavy atom. The fraction of sp³-hybridized carbons (Fsp3) is 0.929. The van der Waals surface area contributed by atoms with Crippen molar-refractivity contribution < 1.29 is 9.53 Å². The fourth-order valence-electron chi connectivity index (χ4n) is 2.31. The molecule has 1 fully saturated rings. The van der Waals surface area contributed by atoms with Gasteiger partial charge in [0.2, 0.25) is 5.91 Å². The Balaban J connectivity index is 2.14. The summed E-state index contributed by atoms with van der Waals surface area (Å²) < 4.78 is 5.16. The molecule has 4 nitrogen and oxygen atoms in total. The Kier molecular flexibility index (Phi) is 7.28. The molecule has 0 bridgehead atoms. The topological polar surface area (TPSA) is 41.6 Å². The fourth-order valence-corrected chi connectivity index (χ4v) is 2.31. The number of hydrogen-bond acceptors (Lipinski definition) is 3. The monoisotopic (exact) mass is 256 g/mol. The van der Waals surface area contributed by atoms with Gasteiger partial charge in [-0.1, -0.05) is 0 Å². The van der Waals surface area contributed by atoms with E-state index >= 15 is 0 Å². The number of nitrogens with zero attached hydrogens (tertiary/aromatic N) is 1. The van der Waals surface area contributed by atoms with Crippen LogP contribution in [0.25, 0.3) is 0 Å². The lowest BCUT2D eigenvalue weighted by molar-refractivity contribution is -0.130. The highest BCUT2D eigenvalue weighted by Gasteiger charge is 2.16. The number of rotatable bonds is 7. The van der Waals surface area contributed by atoms with Gasteiger partial charge in [-0.05, 0) is 51.6 Å². The van der Waals surface area contributed by atoms with Crippen LogP contribution in [0, 0.1) is 5.92 Å². The van der Waals surface area contributed by atoms with Gasteiger partial charge in [-0.25, -0.2) is 0 Å². The number of nitrogens with one attached hydrogen (secondary N) is 1. The predicted molar refractivity (Wildman–Crippen MR) is 73.6 cm³/mol. The summed E-state index contributed by atoms with van der Waals surface area (Å²) in [6, 6.07) is 0. The van der Waals surface area contributed by atoms with Gasteiger partial charge in [0.1, 0.15) is 0 Å². The molecule has 1 atom stereocenters.